The quantitative estimate of drug-likeness (QED) is 0.627. The number of rotatable bonds is 2. The van der Waals surface area contributed by atoms with E-state index in [1.54, 1.807) is 6.33 Å². The second-order valence-electron chi connectivity index (χ2n) is 5.65. The molecule has 3 aromatic rings. The van der Waals surface area contributed by atoms with E-state index in [1.165, 1.54) is 0 Å². The molecule has 6 nitrogen and oxygen atoms in total. The van der Waals surface area contributed by atoms with E-state index in [-0.39, 0.29) is 6.10 Å². The molecule has 1 saturated heterocycles. The van der Waals surface area contributed by atoms with Crippen LogP contribution in [0.15, 0.2) is 36.7 Å². The first-order valence-electron chi connectivity index (χ1n) is 7.33. The number of benzene rings is 1. The lowest BCUT2D eigenvalue weighted by Gasteiger charge is -2.16. The summed E-state index contributed by atoms with van der Waals surface area (Å²) in [6.07, 6.45) is 2.06. The Bertz CT molecular complexity index is 811. The molecule has 0 amide bonds. The molecule has 0 aliphatic carbocycles. The zero-order valence-corrected chi connectivity index (χ0v) is 12.0. The molecule has 1 atom stereocenters. The van der Waals surface area contributed by atoms with Crippen LogP contribution in [-0.4, -0.2) is 39.3 Å². The zero-order valence-electron chi connectivity index (χ0n) is 12.0. The van der Waals surface area contributed by atoms with Gasteiger partial charge in [-0.25, -0.2) is 9.97 Å². The Morgan fingerprint density at radius 2 is 2.05 bits per heavy atom. The largest absolute Gasteiger partial charge is 0.399 e. The zero-order chi connectivity index (χ0) is 15.1. The molecule has 0 saturated carbocycles. The van der Waals surface area contributed by atoms with E-state index in [0.29, 0.717) is 6.54 Å². The maximum atomic E-state index is 9.74. The fourth-order valence-electron chi connectivity index (χ4n) is 2.93. The summed E-state index contributed by atoms with van der Waals surface area (Å²) in [5.41, 5.74) is 9.32. The number of aromatic amines is 1. The van der Waals surface area contributed by atoms with Gasteiger partial charge in [0.25, 0.3) is 0 Å². The van der Waals surface area contributed by atoms with Crippen LogP contribution in [0.4, 0.5) is 11.5 Å². The fraction of sp³-hybridized carbons (Fsp3) is 0.250. The second kappa shape index (κ2) is 4.99. The number of H-pyrrole nitrogens is 1. The van der Waals surface area contributed by atoms with Gasteiger partial charge < -0.3 is 20.7 Å². The lowest BCUT2D eigenvalue weighted by Crippen LogP contribution is -2.22. The van der Waals surface area contributed by atoms with Crippen LogP contribution in [0, 0.1) is 0 Å². The predicted molar refractivity (Wildman–Crippen MR) is 86.6 cm³/mol. The van der Waals surface area contributed by atoms with Crippen molar-refractivity contribution in [3.63, 3.8) is 0 Å². The van der Waals surface area contributed by atoms with E-state index in [9.17, 15) is 5.11 Å². The Morgan fingerprint density at radius 1 is 1.23 bits per heavy atom. The minimum Gasteiger partial charge on any atom is -0.399 e. The third kappa shape index (κ3) is 2.17. The summed E-state index contributed by atoms with van der Waals surface area (Å²) in [6.45, 7) is 1.43. The molecule has 1 aliphatic rings. The number of β-amino-alcohol motifs (C(OH)–C–C–N with tert-alkyl or cyclic N) is 1. The van der Waals surface area contributed by atoms with Crippen LogP contribution in [0.2, 0.25) is 0 Å². The number of nitrogens with two attached hydrogens (primary N) is 1. The smallest absolute Gasteiger partial charge is 0.143 e. The predicted octanol–water partition coefficient (Wildman–Crippen LogP) is 1.78. The van der Waals surface area contributed by atoms with Crippen LogP contribution in [0.1, 0.15) is 6.42 Å². The van der Waals surface area contributed by atoms with E-state index < -0.39 is 0 Å². The topological polar surface area (TPSA) is 91.1 Å². The van der Waals surface area contributed by atoms with Crippen molar-refractivity contribution in [1.82, 2.24) is 15.0 Å². The van der Waals surface area contributed by atoms with E-state index in [0.717, 1.165) is 46.8 Å². The highest BCUT2D eigenvalue weighted by atomic mass is 16.3. The molecule has 112 valence electrons. The van der Waals surface area contributed by atoms with Crippen LogP contribution in [0.25, 0.3) is 22.3 Å². The number of aliphatic hydroxyl groups is 1. The number of anilines is 2. The SMILES string of the molecule is Nc1ccc(-c2cc3c(N4CC[C@H](O)C4)ncnc3[nH]2)cc1. The molecule has 1 fully saturated rings. The van der Waals surface area contributed by atoms with Gasteiger partial charge in [-0.1, -0.05) is 12.1 Å². The molecule has 0 radical (unpaired) electrons. The highest BCUT2D eigenvalue weighted by Crippen LogP contribution is 2.30. The number of aromatic nitrogens is 3. The van der Waals surface area contributed by atoms with Gasteiger partial charge in [-0.2, -0.15) is 0 Å². The third-order valence-corrected chi connectivity index (χ3v) is 4.09. The van der Waals surface area contributed by atoms with Gasteiger partial charge in [-0.3, -0.25) is 0 Å². The second-order valence-corrected chi connectivity index (χ2v) is 5.65. The van der Waals surface area contributed by atoms with Crippen molar-refractivity contribution < 1.29 is 5.11 Å². The lowest BCUT2D eigenvalue weighted by atomic mass is 10.1. The summed E-state index contributed by atoms with van der Waals surface area (Å²) in [4.78, 5) is 14.2. The van der Waals surface area contributed by atoms with E-state index >= 15 is 0 Å². The van der Waals surface area contributed by atoms with Crippen molar-refractivity contribution in [2.75, 3.05) is 23.7 Å². The van der Waals surface area contributed by atoms with Crippen LogP contribution in [-0.2, 0) is 0 Å². The molecule has 4 N–H and O–H groups in total. The van der Waals surface area contributed by atoms with E-state index in [2.05, 4.69) is 25.9 Å². The summed E-state index contributed by atoms with van der Waals surface area (Å²) in [5.74, 6) is 0.875. The molecule has 22 heavy (non-hydrogen) atoms. The first-order valence-corrected chi connectivity index (χ1v) is 7.33. The average Bonchev–Trinajstić information content (AvgIpc) is 3.13. The summed E-state index contributed by atoms with van der Waals surface area (Å²) >= 11 is 0. The van der Waals surface area contributed by atoms with Gasteiger partial charge in [0, 0.05) is 24.5 Å². The van der Waals surface area contributed by atoms with Gasteiger partial charge >= 0.3 is 0 Å². The normalized spacial score (nSPS) is 18.2. The van der Waals surface area contributed by atoms with Crippen molar-refractivity contribution >= 4 is 22.5 Å². The average molecular weight is 295 g/mol. The molecule has 1 aromatic carbocycles. The van der Waals surface area contributed by atoms with Crippen molar-refractivity contribution in [2.24, 2.45) is 0 Å². The molecular formula is C16H17N5O. The summed E-state index contributed by atoms with van der Waals surface area (Å²) in [7, 11) is 0. The Kier molecular flexibility index (Phi) is 2.97. The first kappa shape index (κ1) is 13.1. The molecule has 2 aromatic heterocycles. The molecule has 1 aliphatic heterocycles. The van der Waals surface area contributed by atoms with Gasteiger partial charge in [0.15, 0.2) is 0 Å². The van der Waals surface area contributed by atoms with Gasteiger partial charge in [0.1, 0.15) is 17.8 Å². The first-order chi connectivity index (χ1) is 10.7. The van der Waals surface area contributed by atoms with Crippen LogP contribution >= 0.6 is 0 Å². The lowest BCUT2D eigenvalue weighted by molar-refractivity contribution is 0.198. The van der Waals surface area contributed by atoms with Gasteiger partial charge in [-0.05, 0) is 30.2 Å². The standard InChI is InChI=1S/C16H17N5O/c17-11-3-1-10(2-4-11)14-7-13-15(20-14)18-9-19-16(13)21-6-5-12(22)8-21/h1-4,7,9,12,22H,5-6,8,17H2,(H,18,19,20)/t12-/m0/s1. The van der Waals surface area contributed by atoms with Gasteiger partial charge in [-0.15, -0.1) is 0 Å². The maximum Gasteiger partial charge on any atom is 0.143 e. The number of nitrogens with one attached hydrogen (secondary N) is 1. The number of nitrogen functional groups attached to an aromatic ring is 1. The Hall–Kier alpha value is -2.60. The monoisotopic (exact) mass is 295 g/mol. The number of hydrogen-bond acceptors (Lipinski definition) is 5. The number of hydrogen-bond donors (Lipinski definition) is 3. The van der Waals surface area contributed by atoms with Gasteiger partial charge in [0.05, 0.1) is 11.5 Å². The molecular weight excluding hydrogens is 278 g/mol. The Labute approximate surface area is 127 Å². The van der Waals surface area contributed by atoms with Crippen LogP contribution < -0.4 is 10.6 Å². The molecule has 0 spiro atoms. The molecule has 0 bridgehead atoms. The number of fused-ring (bicyclic) bond motifs is 1. The minimum atomic E-state index is -0.277. The molecule has 0 unspecified atom stereocenters. The Balaban J connectivity index is 1.79. The molecule has 6 heteroatoms. The Morgan fingerprint density at radius 3 is 2.77 bits per heavy atom. The fourth-order valence-corrected chi connectivity index (χ4v) is 2.93. The highest BCUT2D eigenvalue weighted by Gasteiger charge is 2.23. The number of nitrogens with zero attached hydrogens (tertiary/aromatic N) is 3. The summed E-state index contributed by atoms with van der Waals surface area (Å²) in [5, 5.41) is 10.7. The highest BCUT2D eigenvalue weighted by molar-refractivity contribution is 5.92. The van der Waals surface area contributed by atoms with Crippen molar-refractivity contribution in [3.8, 4) is 11.3 Å². The molecule has 3 heterocycles. The van der Waals surface area contributed by atoms with Gasteiger partial charge in [0.2, 0.25) is 0 Å². The maximum absolute atomic E-state index is 9.74. The van der Waals surface area contributed by atoms with Crippen LogP contribution in [0.3, 0.4) is 0 Å². The van der Waals surface area contributed by atoms with E-state index in [1.807, 2.05) is 24.3 Å². The summed E-state index contributed by atoms with van der Waals surface area (Å²) in [6, 6.07) is 9.77. The minimum absolute atomic E-state index is 0.277. The van der Waals surface area contributed by atoms with Crippen LogP contribution in [0.5, 0.6) is 0 Å². The van der Waals surface area contributed by atoms with E-state index in [4.69, 9.17) is 5.73 Å². The molecule has 4 rings (SSSR count). The number of aliphatic hydroxyl groups excluding tert-OH is 1. The van der Waals surface area contributed by atoms with Crippen molar-refractivity contribution in [3.05, 3.63) is 36.7 Å². The third-order valence-electron chi connectivity index (χ3n) is 4.09. The summed E-state index contributed by atoms with van der Waals surface area (Å²) < 4.78 is 0. The van der Waals surface area contributed by atoms with Crippen molar-refractivity contribution in [1.29, 1.82) is 0 Å². The van der Waals surface area contributed by atoms with Crippen molar-refractivity contribution in [2.45, 2.75) is 12.5 Å².